The average molecular weight is 291 g/mol. The third-order valence-electron chi connectivity index (χ3n) is 4.49. The minimum Gasteiger partial charge on any atom is -0.303 e. The maximum Gasteiger partial charge on any atom is 0.123 e. The predicted molar refractivity (Wildman–Crippen MR) is 88.3 cm³/mol. The summed E-state index contributed by atoms with van der Waals surface area (Å²) in [5.41, 5.74) is 8.56. The smallest absolute Gasteiger partial charge is 0.123 e. The molecule has 0 amide bonds. The van der Waals surface area contributed by atoms with Crippen molar-refractivity contribution in [2.75, 3.05) is 6.54 Å². The Hall–Kier alpha value is -2.11. The Bertz CT molecular complexity index is 646. The van der Waals surface area contributed by atoms with Gasteiger partial charge < -0.3 is 4.79 Å². The zero-order valence-electron chi connectivity index (χ0n) is 12.7. The van der Waals surface area contributed by atoms with Crippen molar-refractivity contribution in [2.45, 2.75) is 31.8 Å². The molecule has 0 bridgehead atoms. The first kappa shape index (κ1) is 14.8. The molecule has 2 aliphatic carbocycles. The fourth-order valence-electron chi connectivity index (χ4n) is 3.29. The summed E-state index contributed by atoms with van der Waals surface area (Å²) < 4.78 is 0. The van der Waals surface area contributed by atoms with Crippen molar-refractivity contribution in [3.05, 3.63) is 71.2 Å². The predicted octanol–water partition coefficient (Wildman–Crippen LogP) is 3.66. The van der Waals surface area contributed by atoms with Gasteiger partial charge in [0.15, 0.2) is 0 Å². The number of aldehydes is 1. The van der Waals surface area contributed by atoms with Gasteiger partial charge >= 0.3 is 0 Å². The lowest BCUT2D eigenvalue weighted by atomic mass is 10.1. The molecule has 2 aliphatic rings. The summed E-state index contributed by atoms with van der Waals surface area (Å²) >= 11 is 0. The molecule has 0 aliphatic heterocycles. The highest BCUT2D eigenvalue weighted by Gasteiger charge is 2.29. The Morgan fingerprint density at radius 1 is 1.14 bits per heavy atom. The second-order valence-corrected chi connectivity index (χ2v) is 6.09. The SMILES string of the molecule is O=CC1CC[C@H](N(CC2=CC=C=C=C2)Cc2ccccc2)C1. The number of carbonyl (C=O) groups is 1. The first-order valence-electron chi connectivity index (χ1n) is 7.95. The zero-order valence-corrected chi connectivity index (χ0v) is 12.7. The molecular weight excluding hydrogens is 270 g/mol. The highest BCUT2D eigenvalue weighted by molar-refractivity contribution is 5.54. The lowest BCUT2D eigenvalue weighted by Crippen LogP contribution is -2.34. The van der Waals surface area contributed by atoms with Crippen LogP contribution in [-0.4, -0.2) is 23.8 Å². The van der Waals surface area contributed by atoms with Crippen molar-refractivity contribution in [3.8, 4) is 0 Å². The first-order valence-corrected chi connectivity index (χ1v) is 7.95. The van der Waals surface area contributed by atoms with Gasteiger partial charge in [0.2, 0.25) is 0 Å². The molecule has 2 nitrogen and oxygen atoms in total. The number of carbonyl (C=O) groups excluding carboxylic acids is 1. The summed E-state index contributed by atoms with van der Waals surface area (Å²) in [5.74, 6) is 0.235. The molecular formula is C20H21NO. The average Bonchev–Trinajstić information content (AvgIpc) is 3.05. The summed E-state index contributed by atoms with van der Waals surface area (Å²) in [7, 11) is 0. The molecule has 1 aromatic rings. The van der Waals surface area contributed by atoms with Gasteiger partial charge in [-0.15, -0.1) is 0 Å². The summed E-state index contributed by atoms with van der Waals surface area (Å²) in [6, 6.07) is 11.0. The van der Waals surface area contributed by atoms with E-state index in [0.29, 0.717) is 6.04 Å². The third-order valence-corrected chi connectivity index (χ3v) is 4.49. The fraction of sp³-hybridized carbons (Fsp3) is 0.350. The Morgan fingerprint density at radius 2 is 2.00 bits per heavy atom. The van der Waals surface area contributed by atoms with E-state index in [9.17, 15) is 4.79 Å². The van der Waals surface area contributed by atoms with Crippen LogP contribution in [0.15, 0.2) is 65.6 Å². The van der Waals surface area contributed by atoms with E-state index in [2.05, 4.69) is 46.7 Å². The van der Waals surface area contributed by atoms with Crippen LogP contribution in [0.5, 0.6) is 0 Å². The van der Waals surface area contributed by atoms with Gasteiger partial charge in [-0.3, -0.25) is 4.90 Å². The van der Waals surface area contributed by atoms with Crippen molar-refractivity contribution in [1.29, 1.82) is 0 Å². The van der Waals surface area contributed by atoms with Crippen LogP contribution >= 0.6 is 0 Å². The molecule has 1 unspecified atom stereocenters. The third kappa shape index (κ3) is 3.75. The van der Waals surface area contributed by atoms with E-state index >= 15 is 0 Å². The monoisotopic (exact) mass is 291 g/mol. The van der Waals surface area contributed by atoms with Crippen LogP contribution in [0.25, 0.3) is 0 Å². The minimum atomic E-state index is 0.235. The van der Waals surface area contributed by atoms with Gasteiger partial charge in [-0.2, -0.15) is 0 Å². The van der Waals surface area contributed by atoms with Gasteiger partial charge in [0.1, 0.15) is 6.29 Å². The van der Waals surface area contributed by atoms with E-state index < -0.39 is 0 Å². The zero-order chi connectivity index (χ0) is 15.2. The Balaban J connectivity index is 1.73. The Kier molecular flexibility index (Phi) is 4.88. The molecule has 0 radical (unpaired) electrons. The summed E-state index contributed by atoms with van der Waals surface area (Å²) in [4.78, 5) is 13.6. The number of benzene rings is 1. The van der Waals surface area contributed by atoms with Crippen LogP contribution in [0.2, 0.25) is 0 Å². The summed E-state index contributed by atoms with van der Waals surface area (Å²) in [5, 5.41) is 0. The number of rotatable bonds is 6. The molecule has 22 heavy (non-hydrogen) atoms. The molecule has 0 spiro atoms. The molecule has 0 saturated heterocycles. The van der Waals surface area contributed by atoms with Gasteiger partial charge in [0.05, 0.1) is 0 Å². The Morgan fingerprint density at radius 3 is 2.68 bits per heavy atom. The fourth-order valence-corrected chi connectivity index (χ4v) is 3.29. The molecule has 112 valence electrons. The van der Waals surface area contributed by atoms with E-state index in [4.69, 9.17) is 0 Å². The van der Waals surface area contributed by atoms with Crippen LogP contribution in [-0.2, 0) is 11.3 Å². The lowest BCUT2D eigenvalue weighted by molar-refractivity contribution is -0.111. The van der Waals surface area contributed by atoms with Crippen molar-refractivity contribution in [1.82, 2.24) is 4.90 Å². The van der Waals surface area contributed by atoms with E-state index in [1.165, 1.54) is 11.1 Å². The second kappa shape index (κ2) is 7.24. The minimum absolute atomic E-state index is 0.235. The molecule has 3 rings (SSSR count). The number of hydrogen-bond donors (Lipinski definition) is 0. The van der Waals surface area contributed by atoms with E-state index in [0.717, 1.165) is 38.6 Å². The number of hydrogen-bond acceptors (Lipinski definition) is 2. The second-order valence-electron chi connectivity index (χ2n) is 6.09. The van der Waals surface area contributed by atoms with Gasteiger partial charge in [-0.1, -0.05) is 41.8 Å². The summed E-state index contributed by atoms with van der Waals surface area (Å²) in [6.45, 7) is 1.83. The molecule has 0 N–H and O–H groups in total. The van der Waals surface area contributed by atoms with Crippen molar-refractivity contribution in [2.24, 2.45) is 5.92 Å². The van der Waals surface area contributed by atoms with Crippen LogP contribution in [0.1, 0.15) is 24.8 Å². The van der Waals surface area contributed by atoms with Crippen molar-refractivity contribution >= 4 is 6.29 Å². The molecule has 1 aromatic carbocycles. The van der Waals surface area contributed by atoms with Crippen molar-refractivity contribution < 1.29 is 4.79 Å². The molecule has 0 heterocycles. The highest BCUT2D eigenvalue weighted by Crippen LogP contribution is 2.29. The molecule has 1 fully saturated rings. The lowest BCUT2D eigenvalue weighted by Gasteiger charge is -2.29. The van der Waals surface area contributed by atoms with E-state index in [1.54, 1.807) is 0 Å². The van der Waals surface area contributed by atoms with Gasteiger partial charge in [-0.25, -0.2) is 0 Å². The molecule has 0 aromatic heterocycles. The molecule has 2 heteroatoms. The summed E-state index contributed by atoms with van der Waals surface area (Å²) in [6.07, 6.45) is 10.3. The van der Waals surface area contributed by atoms with Crippen molar-refractivity contribution in [3.63, 3.8) is 0 Å². The van der Waals surface area contributed by atoms with Crippen LogP contribution in [0, 0.1) is 5.92 Å². The number of allylic oxidation sites excluding steroid dienone is 2. The maximum absolute atomic E-state index is 11.1. The number of nitrogens with zero attached hydrogens (tertiary/aromatic N) is 1. The van der Waals surface area contributed by atoms with Crippen LogP contribution < -0.4 is 0 Å². The molecule has 2 atom stereocenters. The quantitative estimate of drug-likeness (QED) is 0.589. The van der Waals surface area contributed by atoms with E-state index in [-0.39, 0.29) is 5.92 Å². The highest BCUT2D eigenvalue weighted by atomic mass is 16.1. The Labute approximate surface area is 132 Å². The van der Waals surface area contributed by atoms with Crippen LogP contribution in [0.3, 0.4) is 0 Å². The standard InChI is InChI=1S/C20H21NO/c22-16-19-11-12-20(13-19)21(14-17-7-3-1-4-8-17)15-18-9-5-2-6-10-18/h1,3-5,7-10,16,19-20H,11-15H2/t19?,20-/m0/s1. The van der Waals surface area contributed by atoms with Crippen LogP contribution in [0.4, 0.5) is 0 Å². The maximum atomic E-state index is 11.1. The van der Waals surface area contributed by atoms with Gasteiger partial charge in [0.25, 0.3) is 0 Å². The van der Waals surface area contributed by atoms with Gasteiger partial charge in [-0.05, 0) is 48.6 Å². The first-order chi connectivity index (χ1) is 10.8. The molecule has 1 saturated carbocycles. The normalized spacial score (nSPS) is 23.0. The van der Waals surface area contributed by atoms with Gasteiger partial charge in [0, 0.05) is 25.0 Å². The van der Waals surface area contributed by atoms with E-state index in [1.807, 2.05) is 18.2 Å². The topological polar surface area (TPSA) is 20.3 Å². The largest absolute Gasteiger partial charge is 0.303 e.